The zero-order chi connectivity index (χ0) is 14.5. The second kappa shape index (κ2) is 7.22. The lowest BCUT2D eigenvalue weighted by atomic mass is 10.1. The van der Waals surface area contributed by atoms with Gasteiger partial charge in [-0.3, -0.25) is 4.79 Å². The van der Waals surface area contributed by atoms with E-state index in [1.807, 2.05) is 23.6 Å². The van der Waals surface area contributed by atoms with Crippen LogP contribution in [0.25, 0.3) is 0 Å². The van der Waals surface area contributed by atoms with Crippen molar-refractivity contribution < 1.29 is 9.53 Å². The van der Waals surface area contributed by atoms with Gasteiger partial charge in [-0.15, -0.1) is 11.3 Å². The molecule has 0 saturated carbocycles. The van der Waals surface area contributed by atoms with E-state index in [2.05, 4.69) is 21.2 Å². The van der Waals surface area contributed by atoms with Crippen LogP contribution in [0.4, 0.5) is 0 Å². The van der Waals surface area contributed by atoms with Crippen LogP contribution in [0, 0.1) is 0 Å². The van der Waals surface area contributed by atoms with Crippen molar-refractivity contribution in [2.45, 2.75) is 6.10 Å². The van der Waals surface area contributed by atoms with Gasteiger partial charge in [-0.1, -0.05) is 29.8 Å². The van der Waals surface area contributed by atoms with E-state index >= 15 is 0 Å². The maximum atomic E-state index is 12.0. The van der Waals surface area contributed by atoms with E-state index in [4.69, 9.17) is 16.3 Å². The number of thiophene rings is 1. The lowest BCUT2D eigenvalue weighted by molar-refractivity contribution is 0.0831. The third-order valence-corrected chi connectivity index (χ3v) is 4.81. The molecule has 0 unspecified atom stereocenters. The van der Waals surface area contributed by atoms with Crippen LogP contribution < -0.4 is 5.32 Å². The van der Waals surface area contributed by atoms with Gasteiger partial charge in [-0.2, -0.15) is 0 Å². The van der Waals surface area contributed by atoms with E-state index < -0.39 is 0 Å². The Hall–Kier alpha value is -0.880. The average Bonchev–Trinajstić information content (AvgIpc) is 2.88. The smallest absolute Gasteiger partial charge is 0.261 e. The Morgan fingerprint density at radius 2 is 2.25 bits per heavy atom. The minimum absolute atomic E-state index is 0.116. The molecule has 20 heavy (non-hydrogen) atoms. The normalized spacial score (nSPS) is 12.2. The van der Waals surface area contributed by atoms with Gasteiger partial charge >= 0.3 is 0 Å². The first-order chi connectivity index (χ1) is 9.61. The highest BCUT2D eigenvalue weighted by Gasteiger charge is 2.16. The first-order valence-corrected chi connectivity index (χ1v) is 7.96. The molecule has 2 aromatic rings. The van der Waals surface area contributed by atoms with Gasteiger partial charge in [0.25, 0.3) is 5.91 Å². The number of hydrogen-bond donors (Lipinski definition) is 1. The minimum atomic E-state index is -0.268. The molecule has 1 amide bonds. The highest BCUT2D eigenvalue weighted by molar-refractivity contribution is 9.10. The number of hydrogen-bond acceptors (Lipinski definition) is 3. The molecule has 3 nitrogen and oxygen atoms in total. The largest absolute Gasteiger partial charge is 0.375 e. The molecule has 1 N–H and O–H groups in total. The van der Waals surface area contributed by atoms with Crippen molar-refractivity contribution in [1.82, 2.24) is 5.32 Å². The summed E-state index contributed by atoms with van der Waals surface area (Å²) in [7, 11) is 1.60. The molecule has 0 aliphatic carbocycles. The molecule has 1 aromatic carbocycles. The van der Waals surface area contributed by atoms with Gasteiger partial charge in [0.1, 0.15) is 6.10 Å². The molecular weight excluding hydrogens is 362 g/mol. The lowest BCUT2D eigenvalue weighted by Crippen LogP contribution is -2.28. The number of rotatable bonds is 5. The van der Waals surface area contributed by atoms with Gasteiger partial charge in [-0.25, -0.2) is 0 Å². The molecule has 1 atom stereocenters. The van der Waals surface area contributed by atoms with Gasteiger partial charge in [-0.05, 0) is 28.1 Å². The summed E-state index contributed by atoms with van der Waals surface area (Å²) in [4.78, 5) is 12.6. The molecule has 0 bridgehead atoms. The number of carbonyl (C=O) groups is 1. The summed E-state index contributed by atoms with van der Waals surface area (Å²) >= 11 is 10.9. The van der Waals surface area contributed by atoms with Crippen LogP contribution in [0.15, 0.2) is 40.2 Å². The first-order valence-electron chi connectivity index (χ1n) is 5.91. The number of methoxy groups -OCH3 is 1. The van der Waals surface area contributed by atoms with E-state index in [9.17, 15) is 4.79 Å². The van der Waals surface area contributed by atoms with Crippen molar-refractivity contribution in [2.24, 2.45) is 0 Å². The number of ether oxygens (including phenoxy) is 1. The topological polar surface area (TPSA) is 38.3 Å². The van der Waals surface area contributed by atoms with E-state index in [1.54, 1.807) is 19.2 Å². The fourth-order valence-corrected chi connectivity index (χ4v) is 3.36. The zero-order valence-corrected chi connectivity index (χ0v) is 13.9. The summed E-state index contributed by atoms with van der Waals surface area (Å²) in [6.07, 6.45) is -0.268. The van der Waals surface area contributed by atoms with Crippen molar-refractivity contribution in [1.29, 1.82) is 0 Å². The summed E-state index contributed by atoms with van der Waals surface area (Å²) in [5.74, 6) is -0.116. The first kappa shape index (κ1) is 15.5. The van der Waals surface area contributed by atoms with Gasteiger partial charge in [0.05, 0.1) is 4.88 Å². The molecule has 0 saturated heterocycles. The van der Waals surface area contributed by atoms with E-state index in [1.165, 1.54) is 11.3 Å². The van der Waals surface area contributed by atoms with Crippen LogP contribution in [-0.4, -0.2) is 19.6 Å². The van der Waals surface area contributed by atoms with Crippen LogP contribution in [0.2, 0.25) is 5.02 Å². The van der Waals surface area contributed by atoms with E-state index in [0.29, 0.717) is 16.4 Å². The minimum Gasteiger partial charge on any atom is -0.375 e. The molecule has 1 heterocycles. The summed E-state index contributed by atoms with van der Waals surface area (Å²) in [5.41, 5.74) is 0.865. The van der Waals surface area contributed by atoms with Crippen LogP contribution in [-0.2, 0) is 4.74 Å². The van der Waals surface area contributed by atoms with Gasteiger partial charge in [0, 0.05) is 34.1 Å². The fraction of sp³-hybridized carbons (Fsp3) is 0.214. The maximum absolute atomic E-state index is 12.0. The molecule has 0 spiro atoms. The molecular formula is C14H13BrClNO2S. The Morgan fingerprint density at radius 1 is 1.50 bits per heavy atom. The molecule has 6 heteroatoms. The Labute approximate surface area is 135 Å². The van der Waals surface area contributed by atoms with Gasteiger partial charge in [0.2, 0.25) is 0 Å². The molecule has 2 rings (SSSR count). The van der Waals surface area contributed by atoms with Crippen molar-refractivity contribution in [3.05, 3.63) is 55.6 Å². The predicted molar refractivity (Wildman–Crippen MR) is 85.6 cm³/mol. The van der Waals surface area contributed by atoms with Crippen LogP contribution in [0.3, 0.4) is 0 Å². The third kappa shape index (κ3) is 3.82. The zero-order valence-electron chi connectivity index (χ0n) is 10.7. The Kier molecular flexibility index (Phi) is 5.60. The lowest BCUT2D eigenvalue weighted by Gasteiger charge is -2.17. The number of benzene rings is 1. The highest BCUT2D eigenvalue weighted by Crippen LogP contribution is 2.25. The van der Waals surface area contributed by atoms with E-state index in [0.717, 1.165) is 10.0 Å². The van der Waals surface area contributed by atoms with Crippen LogP contribution >= 0.6 is 38.9 Å². The Bertz CT molecular complexity index is 602. The molecule has 0 radical (unpaired) electrons. The SMILES string of the molecule is CO[C@@H](CNC(=O)c1cc(Br)cs1)c1ccccc1Cl. The average molecular weight is 375 g/mol. The maximum Gasteiger partial charge on any atom is 0.261 e. The third-order valence-electron chi connectivity index (χ3n) is 2.78. The molecule has 0 fully saturated rings. The van der Waals surface area contributed by atoms with Crippen molar-refractivity contribution in [2.75, 3.05) is 13.7 Å². The van der Waals surface area contributed by atoms with Gasteiger partial charge < -0.3 is 10.1 Å². The molecule has 1 aromatic heterocycles. The second-order valence-electron chi connectivity index (χ2n) is 4.09. The van der Waals surface area contributed by atoms with Crippen molar-refractivity contribution in [3.63, 3.8) is 0 Å². The number of nitrogens with one attached hydrogen (secondary N) is 1. The monoisotopic (exact) mass is 373 g/mol. The molecule has 0 aliphatic rings. The Balaban J connectivity index is 2.01. The van der Waals surface area contributed by atoms with Crippen LogP contribution in [0.5, 0.6) is 0 Å². The molecule has 106 valence electrons. The number of amides is 1. The van der Waals surface area contributed by atoms with Crippen molar-refractivity contribution in [3.8, 4) is 0 Å². The predicted octanol–water partition coefficient (Wildman–Crippen LogP) is 4.28. The highest BCUT2D eigenvalue weighted by atomic mass is 79.9. The summed E-state index contributed by atoms with van der Waals surface area (Å²) in [6.45, 7) is 0.370. The van der Waals surface area contributed by atoms with Gasteiger partial charge in [0.15, 0.2) is 0 Å². The summed E-state index contributed by atoms with van der Waals surface area (Å²) in [6, 6.07) is 9.24. The van der Waals surface area contributed by atoms with Crippen molar-refractivity contribution >= 4 is 44.8 Å². The fourth-order valence-electron chi connectivity index (χ4n) is 1.76. The van der Waals surface area contributed by atoms with E-state index in [-0.39, 0.29) is 12.0 Å². The summed E-state index contributed by atoms with van der Waals surface area (Å²) < 4.78 is 6.31. The standard InChI is InChI=1S/C14H13BrClNO2S/c1-19-12(10-4-2-3-5-11(10)16)7-17-14(18)13-6-9(15)8-20-13/h2-6,8,12H,7H2,1H3,(H,17,18)/t12-/m0/s1. The number of halogens is 2. The van der Waals surface area contributed by atoms with Crippen LogP contribution in [0.1, 0.15) is 21.3 Å². The number of carbonyl (C=O) groups excluding carboxylic acids is 1. The Morgan fingerprint density at radius 3 is 2.85 bits per heavy atom. The summed E-state index contributed by atoms with van der Waals surface area (Å²) in [5, 5.41) is 5.36. The molecule has 0 aliphatic heterocycles. The quantitative estimate of drug-likeness (QED) is 0.848. The second-order valence-corrected chi connectivity index (χ2v) is 6.32.